The van der Waals surface area contributed by atoms with Crippen LogP contribution in [-0.4, -0.2) is 47.3 Å². The van der Waals surface area contributed by atoms with Crippen LogP contribution < -0.4 is 4.90 Å². The minimum absolute atomic E-state index is 0.0640. The van der Waals surface area contributed by atoms with Crippen molar-refractivity contribution in [3.63, 3.8) is 0 Å². The topological polar surface area (TPSA) is 81.1 Å². The maximum atomic E-state index is 12.4. The van der Waals surface area contributed by atoms with Crippen LogP contribution in [0.25, 0.3) is 0 Å². The molecule has 1 aliphatic carbocycles. The Morgan fingerprint density at radius 1 is 1.35 bits per heavy atom. The van der Waals surface area contributed by atoms with E-state index in [-0.39, 0.29) is 18.3 Å². The Bertz CT molecular complexity index is 514. The van der Waals surface area contributed by atoms with Gasteiger partial charge in [-0.2, -0.15) is 0 Å². The average molecular weight is 278 g/mol. The molecule has 1 saturated carbocycles. The number of aliphatic carboxylic acids is 1. The SMILES string of the molecule is CN(C(=O)N(CC(=O)O)CC1CC1)c1cccc(O)c1. The zero-order chi connectivity index (χ0) is 14.7. The van der Waals surface area contributed by atoms with Gasteiger partial charge in [-0.3, -0.25) is 9.69 Å². The summed E-state index contributed by atoms with van der Waals surface area (Å²) in [4.78, 5) is 25.9. The fourth-order valence-corrected chi connectivity index (χ4v) is 2.01. The van der Waals surface area contributed by atoms with Crippen LogP contribution in [0.15, 0.2) is 24.3 Å². The van der Waals surface area contributed by atoms with E-state index in [9.17, 15) is 14.7 Å². The highest BCUT2D eigenvalue weighted by Crippen LogP contribution is 2.30. The molecule has 0 heterocycles. The molecule has 0 aromatic heterocycles. The first-order chi connectivity index (χ1) is 9.47. The molecule has 1 fully saturated rings. The molecule has 1 aromatic carbocycles. The number of carbonyl (C=O) groups excluding carboxylic acids is 1. The van der Waals surface area contributed by atoms with Gasteiger partial charge in [-0.15, -0.1) is 0 Å². The van der Waals surface area contributed by atoms with Crippen molar-refractivity contribution in [2.45, 2.75) is 12.8 Å². The van der Waals surface area contributed by atoms with E-state index in [0.29, 0.717) is 18.2 Å². The van der Waals surface area contributed by atoms with Crippen LogP contribution in [0.4, 0.5) is 10.5 Å². The number of carbonyl (C=O) groups is 2. The molecule has 0 atom stereocenters. The van der Waals surface area contributed by atoms with Crippen molar-refractivity contribution >= 4 is 17.7 Å². The number of amides is 2. The molecule has 1 aromatic rings. The Balaban J connectivity index is 2.10. The molecule has 6 heteroatoms. The predicted octanol–water partition coefficient (Wildman–Crippen LogP) is 1.74. The molecule has 20 heavy (non-hydrogen) atoms. The monoisotopic (exact) mass is 278 g/mol. The first-order valence-corrected chi connectivity index (χ1v) is 6.51. The highest BCUT2D eigenvalue weighted by Gasteiger charge is 2.29. The number of rotatable bonds is 5. The number of carboxylic acids is 1. The lowest BCUT2D eigenvalue weighted by atomic mass is 10.3. The second-order valence-corrected chi connectivity index (χ2v) is 5.08. The van der Waals surface area contributed by atoms with Gasteiger partial charge in [0.05, 0.1) is 0 Å². The maximum absolute atomic E-state index is 12.4. The Labute approximate surface area is 117 Å². The van der Waals surface area contributed by atoms with Gasteiger partial charge in [0.15, 0.2) is 0 Å². The molecule has 2 N–H and O–H groups in total. The summed E-state index contributed by atoms with van der Waals surface area (Å²) in [5.41, 5.74) is 0.529. The average Bonchev–Trinajstić information content (AvgIpc) is 3.19. The normalized spacial score (nSPS) is 13.8. The van der Waals surface area contributed by atoms with E-state index >= 15 is 0 Å². The van der Waals surface area contributed by atoms with Gasteiger partial charge < -0.3 is 15.1 Å². The second kappa shape index (κ2) is 5.81. The summed E-state index contributed by atoms with van der Waals surface area (Å²) in [6.45, 7) is 0.160. The first-order valence-electron chi connectivity index (χ1n) is 6.51. The number of aromatic hydroxyl groups is 1. The molecule has 1 aliphatic rings. The van der Waals surface area contributed by atoms with Gasteiger partial charge in [-0.1, -0.05) is 6.07 Å². The van der Waals surface area contributed by atoms with Crippen molar-refractivity contribution in [2.75, 3.05) is 25.0 Å². The molecule has 0 spiro atoms. The Morgan fingerprint density at radius 3 is 2.60 bits per heavy atom. The maximum Gasteiger partial charge on any atom is 0.324 e. The fourth-order valence-electron chi connectivity index (χ4n) is 2.01. The zero-order valence-electron chi connectivity index (χ0n) is 11.3. The van der Waals surface area contributed by atoms with Crippen LogP contribution in [0.2, 0.25) is 0 Å². The number of nitrogens with zero attached hydrogens (tertiary/aromatic N) is 2. The Hall–Kier alpha value is -2.24. The Kier molecular flexibility index (Phi) is 4.12. The summed E-state index contributed by atoms with van der Waals surface area (Å²) in [7, 11) is 1.57. The van der Waals surface area contributed by atoms with E-state index in [0.717, 1.165) is 12.8 Å². The number of hydrogen-bond acceptors (Lipinski definition) is 3. The highest BCUT2D eigenvalue weighted by molar-refractivity contribution is 5.93. The molecule has 108 valence electrons. The van der Waals surface area contributed by atoms with Crippen molar-refractivity contribution in [3.8, 4) is 5.75 Å². The molecule has 0 bridgehead atoms. The van der Waals surface area contributed by atoms with Gasteiger partial charge in [-0.05, 0) is 30.9 Å². The quantitative estimate of drug-likeness (QED) is 0.859. The van der Waals surface area contributed by atoms with E-state index in [1.54, 1.807) is 19.2 Å². The van der Waals surface area contributed by atoms with Crippen molar-refractivity contribution in [1.29, 1.82) is 0 Å². The van der Waals surface area contributed by atoms with E-state index < -0.39 is 5.97 Å². The lowest BCUT2D eigenvalue weighted by molar-refractivity contribution is -0.137. The van der Waals surface area contributed by atoms with Crippen molar-refractivity contribution in [3.05, 3.63) is 24.3 Å². The summed E-state index contributed by atoms with van der Waals surface area (Å²) in [5.74, 6) is -0.548. The molecule has 6 nitrogen and oxygen atoms in total. The first kappa shape index (κ1) is 14.2. The number of benzene rings is 1. The van der Waals surface area contributed by atoms with Crippen LogP contribution in [0.3, 0.4) is 0 Å². The van der Waals surface area contributed by atoms with Crippen LogP contribution in [0, 0.1) is 5.92 Å². The summed E-state index contributed by atoms with van der Waals surface area (Å²) in [6.07, 6.45) is 2.08. The fraction of sp³-hybridized carbons (Fsp3) is 0.429. The third-order valence-electron chi connectivity index (χ3n) is 3.28. The summed E-state index contributed by atoms with van der Waals surface area (Å²) >= 11 is 0. The summed E-state index contributed by atoms with van der Waals surface area (Å²) in [5, 5.41) is 18.3. The van der Waals surface area contributed by atoms with Crippen LogP contribution in [0.5, 0.6) is 5.75 Å². The molecular weight excluding hydrogens is 260 g/mol. The molecular formula is C14H18N2O4. The van der Waals surface area contributed by atoms with Crippen molar-refractivity contribution in [1.82, 2.24) is 4.90 Å². The lowest BCUT2D eigenvalue weighted by Crippen LogP contribution is -2.44. The third kappa shape index (κ3) is 3.63. The lowest BCUT2D eigenvalue weighted by Gasteiger charge is -2.27. The second-order valence-electron chi connectivity index (χ2n) is 5.08. The summed E-state index contributed by atoms with van der Waals surface area (Å²) < 4.78 is 0. The number of anilines is 1. The number of carboxylic acid groups (broad SMARTS) is 1. The third-order valence-corrected chi connectivity index (χ3v) is 3.28. The smallest absolute Gasteiger partial charge is 0.324 e. The minimum Gasteiger partial charge on any atom is -0.508 e. The molecule has 2 rings (SSSR count). The number of urea groups is 1. The highest BCUT2D eigenvalue weighted by atomic mass is 16.4. The number of phenols is 1. The summed E-state index contributed by atoms with van der Waals surface area (Å²) in [6, 6.07) is 5.93. The van der Waals surface area contributed by atoms with Gasteiger partial charge >= 0.3 is 12.0 Å². The standard InChI is InChI=1S/C14H18N2O4/c1-15(11-3-2-4-12(17)7-11)14(20)16(9-13(18)19)8-10-5-6-10/h2-4,7,10,17H,5-6,8-9H2,1H3,(H,18,19). The van der Waals surface area contributed by atoms with E-state index in [1.165, 1.54) is 21.9 Å². The number of hydrogen-bond donors (Lipinski definition) is 2. The van der Waals surface area contributed by atoms with Crippen LogP contribution in [0.1, 0.15) is 12.8 Å². The predicted molar refractivity (Wildman–Crippen MR) is 73.8 cm³/mol. The van der Waals surface area contributed by atoms with Crippen molar-refractivity contribution in [2.24, 2.45) is 5.92 Å². The van der Waals surface area contributed by atoms with Gasteiger partial charge in [0.25, 0.3) is 0 Å². The minimum atomic E-state index is -1.02. The molecule has 0 unspecified atom stereocenters. The van der Waals surface area contributed by atoms with Crippen molar-refractivity contribution < 1.29 is 19.8 Å². The largest absolute Gasteiger partial charge is 0.508 e. The van der Waals surface area contributed by atoms with Gasteiger partial charge in [0.1, 0.15) is 12.3 Å². The van der Waals surface area contributed by atoms with Crippen LogP contribution in [-0.2, 0) is 4.79 Å². The van der Waals surface area contributed by atoms with E-state index in [4.69, 9.17) is 5.11 Å². The molecule has 0 saturated heterocycles. The molecule has 0 radical (unpaired) electrons. The van der Waals surface area contributed by atoms with Crippen LogP contribution >= 0.6 is 0 Å². The van der Waals surface area contributed by atoms with Gasteiger partial charge in [0, 0.05) is 25.3 Å². The van der Waals surface area contributed by atoms with E-state index in [1.807, 2.05) is 0 Å². The van der Waals surface area contributed by atoms with Gasteiger partial charge in [-0.25, -0.2) is 4.79 Å². The molecule has 2 amide bonds. The number of phenolic OH excluding ortho intramolecular Hbond substituents is 1. The Morgan fingerprint density at radius 2 is 2.05 bits per heavy atom. The van der Waals surface area contributed by atoms with Gasteiger partial charge in [0.2, 0.25) is 0 Å². The van der Waals surface area contributed by atoms with E-state index in [2.05, 4.69) is 0 Å². The molecule has 0 aliphatic heterocycles. The zero-order valence-corrected chi connectivity index (χ0v) is 11.3.